The molecule has 2 unspecified atom stereocenters. The first-order valence-electron chi connectivity index (χ1n) is 47.8. The van der Waals surface area contributed by atoms with Crippen LogP contribution in [0, 0.1) is 47.0 Å². The molecule has 8 aromatic carbocycles. The van der Waals surface area contributed by atoms with E-state index in [1.807, 2.05) is 139 Å². The minimum Gasteiger partial charge on any atom is -0.550 e. The number of aliphatic hydroxyl groups excluding tert-OH is 1. The number of hydrogen-bond acceptors (Lipinski definition) is 20. The van der Waals surface area contributed by atoms with Crippen LogP contribution in [0.15, 0.2) is 194 Å². The van der Waals surface area contributed by atoms with Crippen LogP contribution < -0.4 is 90.1 Å². The molecule has 5 saturated carbocycles. The molecular weight excluding hydrogens is 1900 g/mol. The summed E-state index contributed by atoms with van der Waals surface area (Å²) in [6, 6.07) is 53.0. The Balaban J connectivity index is 0.000000261. The maximum Gasteiger partial charge on any atom is 1.00 e. The number of halogens is 4. The number of carboxylic acids is 2. The number of esters is 5. The predicted octanol–water partition coefficient (Wildman–Crippen LogP) is 15.2. The van der Waals surface area contributed by atoms with Crippen LogP contribution in [0.4, 0.5) is 13.2 Å². The first kappa shape index (κ1) is 119. The molecule has 0 aromatic heterocycles. The van der Waals surface area contributed by atoms with Gasteiger partial charge in [-0.3, -0.25) is 52.7 Å². The largest absolute Gasteiger partial charge is 1.00 e. The van der Waals surface area contributed by atoms with Gasteiger partial charge >= 0.3 is 87.2 Å². The number of nitrogens with two attached hydrogens (primary N) is 4. The molecule has 5 aliphatic rings. The van der Waals surface area contributed by atoms with Gasteiger partial charge in [0, 0.05) is 43.9 Å². The van der Waals surface area contributed by atoms with Crippen LogP contribution in [0.2, 0.25) is 0 Å². The zero-order valence-corrected chi connectivity index (χ0v) is 87.4. The summed E-state index contributed by atoms with van der Waals surface area (Å²) < 4.78 is 65.0. The van der Waals surface area contributed by atoms with Gasteiger partial charge in [-0.1, -0.05) is 238 Å². The molecule has 0 radical (unpaired) electrons. The fourth-order valence-electron chi connectivity index (χ4n) is 18.0. The number of carbonyl (C=O) groups excluding carboxylic acids is 11. The molecule has 8 aromatic rings. The smallest absolute Gasteiger partial charge is 0.550 e. The Morgan fingerprint density at radius 1 is 0.369 bits per heavy atom. The van der Waals surface area contributed by atoms with Crippen molar-refractivity contribution in [1.82, 2.24) is 10.6 Å². The molecule has 141 heavy (non-hydrogen) atoms. The van der Waals surface area contributed by atoms with E-state index >= 15 is 0 Å². The van der Waals surface area contributed by atoms with E-state index in [0.29, 0.717) is 29.0 Å². The quantitative estimate of drug-likeness (QED) is 0.0108. The van der Waals surface area contributed by atoms with E-state index in [2.05, 4.69) is 50.8 Å². The van der Waals surface area contributed by atoms with E-state index < -0.39 is 70.6 Å². The number of hydrogen-bond donors (Lipinski definition) is 8. The Bertz CT molecular complexity index is 5320. The maximum absolute atomic E-state index is 13.2. The van der Waals surface area contributed by atoms with Crippen LogP contribution in [0.5, 0.6) is 0 Å². The topological polar surface area (TPSA) is 443 Å². The van der Waals surface area contributed by atoms with E-state index in [0.717, 1.165) is 172 Å². The average Bonchev–Trinajstić information content (AvgIpc) is 0.825. The molecule has 0 heterocycles. The van der Waals surface area contributed by atoms with E-state index in [1.54, 1.807) is 0 Å². The molecule has 12 N–H and O–H groups in total. The Hall–Kier alpha value is -10.8. The minimum atomic E-state index is -1.08. The summed E-state index contributed by atoms with van der Waals surface area (Å²) in [5.74, 6) is -6.71. The summed E-state index contributed by atoms with van der Waals surface area (Å²) in [4.78, 5) is 139. The van der Waals surface area contributed by atoms with Gasteiger partial charge in [0.15, 0.2) is 0 Å². The average molecular weight is 2040 g/mol. The second-order valence-corrected chi connectivity index (χ2v) is 38.5. The Kier molecular flexibility index (Phi) is 50.6. The molecule has 31 heteroatoms. The standard InChI is InChI=1S/C24H27FN2O4.C22H25FN2O3.C20H28O4.C18H25BrO2.C16H20O4.C8H9FN2O.C2H4O2.K/c1-15(28)31-14-16-6-8-17(9-7-16)20-4-2-3-5-21(20)24(30)27-22(23(26)29)18-10-12-19(25)13-11-18;23-17-11-9-16(10-12-17)20(21(24)27)25-22(28)19-4-2-1-3-18(19)15-7-5-14(13-26)6-8-15;1-14(21)23-13-15-9-11-16(12-10-15)17-7-5-6-8-18(17)19(22)24-20(2,3)4;1-18(2,3)21-17(20)16-7-5-4-6-15(16)14-10-8-13(12-19)9-11-14;1-11(17)20-10-12-6-8-13(9-7-12)14-4-2-3-5-15(14)16(18)19;9-6-3-1-5(2-4-6)7(10)8(11)12;1-2(3)4;/h6-13,20-22H,2-5,14H2,1H3,(H2,26,29)(H,27,30);5-12,18-20,26H,1-4,13H2,(H2,24,27)(H,25,28);9-12,17-18H,5-8,13H2,1-4H3;8-11,15-16H,4-7,12H2,1-3H3;6-9,14-15H,2-5,10H2,1H3,(H,18,19);1-4,7H,10H2,(H2,11,12);1H3,(H,3,4);/q;;;;;;;+1/p-1/t20-,21+,22-;18-,19+,20-;17-,18+;15?,16-;14-,15+;;;/m00010.../s1. The number of carbonyl (C=O) groups is 12. The Labute approximate surface area is 876 Å². The zero-order valence-electron chi connectivity index (χ0n) is 82.7. The van der Waals surface area contributed by atoms with Gasteiger partial charge in [0.25, 0.3) is 0 Å². The second kappa shape index (κ2) is 60.0. The zero-order chi connectivity index (χ0) is 103. The van der Waals surface area contributed by atoms with Crippen LogP contribution in [0.1, 0.15) is 318 Å². The van der Waals surface area contributed by atoms with Gasteiger partial charge in [-0.05, 0) is 251 Å². The van der Waals surface area contributed by atoms with Crippen molar-refractivity contribution in [3.8, 4) is 0 Å². The van der Waals surface area contributed by atoms with Gasteiger partial charge in [-0.2, -0.15) is 0 Å². The number of nitrogens with one attached hydrogen (secondary N) is 2. The van der Waals surface area contributed by atoms with Gasteiger partial charge in [0.05, 0.1) is 24.4 Å². The second-order valence-electron chi connectivity index (χ2n) is 37.9. The third kappa shape index (κ3) is 41.2. The molecule has 0 saturated heterocycles. The molecular formula is C110H137BrF3KN6O20. The van der Waals surface area contributed by atoms with E-state index in [1.165, 1.54) is 111 Å². The normalized spacial score (nSPS) is 19.7. The first-order valence-corrected chi connectivity index (χ1v) is 48.9. The molecule has 5 amide bonds. The van der Waals surface area contributed by atoms with Crippen molar-refractivity contribution < 1.29 is 161 Å². The molecule has 0 spiro atoms. The van der Waals surface area contributed by atoms with Crippen LogP contribution in [-0.4, -0.2) is 92.7 Å². The van der Waals surface area contributed by atoms with Gasteiger partial charge < -0.3 is 77.4 Å². The summed E-state index contributed by atoms with van der Waals surface area (Å²) in [5.41, 5.74) is 32.4. The van der Waals surface area contributed by atoms with Crippen molar-refractivity contribution in [3.63, 3.8) is 0 Å². The molecule has 0 aliphatic heterocycles. The van der Waals surface area contributed by atoms with Gasteiger partial charge in [0.1, 0.15) is 66.6 Å². The number of carboxylic acid groups (broad SMARTS) is 2. The number of alkyl halides is 1. The van der Waals surface area contributed by atoms with Crippen LogP contribution in [0.25, 0.3) is 0 Å². The number of ether oxygens (including phenoxy) is 5. The van der Waals surface area contributed by atoms with Crippen LogP contribution in [-0.2, 0) is 113 Å². The van der Waals surface area contributed by atoms with Crippen molar-refractivity contribution in [3.05, 3.63) is 284 Å². The molecule has 13 atom stereocenters. The van der Waals surface area contributed by atoms with Crippen molar-refractivity contribution in [2.24, 2.45) is 52.5 Å². The van der Waals surface area contributed by atoms with E-state index in [9.17, 15) is 76.1 Å². The van der Waals surface area contributed by atoms with Gasteiger partial charge in [0.2, 0.25) is 29.5 Å². The number of aliphatic hydroxyl groups is 1. The molecule has 5 aliphatic carbocycles. The number of primary amides is 3. The van der Waals surface area contributed by atoms with Crippen LogP contribution >= 0.6 is 15.9 Å². The predicted molar refractivity (Wildman–Crippen MR) is 526 cm³/mol. The summed E-state index contributed by atoms with van der Waals surface area (Å²) in [6.45, 7) is 17.4. The number of aliphatic carboxylic acids is 2. The van der Waals surface area contributed by atoms with Gasteiger partial charge in [-0.15, -0.1) is 0 Å². The molecule has 756 valence electrons. The molecule has 13 rings (SSSR count). The van der Waals surface area contributed by atoms with Crippen LogP contribution in [0.3, 0.4) is 0 Å². The summed E-state index contributed by atoms with van der Waals surface area (Å²) in [7, 11) is 0. The third-order valence-electron chi connectivity index (χ3n) is 25.0. The summed E-state index contributed by atoms with van der Waals surface area (Å²) in [6.07, 6.45) is 19.3. The van der Waals surface area contributed by atoms with E-state index in [4.69, 9.17) is 56.5 Å². The Morgan fingerprint density at radius 3 is 0.844 bits per heavy atom. The maximum atomic E-state index is 13.2. The molecule has 26 nitrogen and oxygen atoms in total. The fourth-order valence-corrected chi connectivity index (χ4v) is 18.4. The molecule has 0 bridgehead atoms. The minimum absolute atomic E-state index is 0. The van der Waals surface area contributed by atoms with Crippen molar-refractivity contribution >= 4 is 87.3 Å². The van der Waals surface area contributed by atoms with E-state index in [-0.39, 0.29) is 179 Å². The number of benzene rings is 8. The van der Waals surface area contributed by atoms with Crippen molar-refractivity contribution in [2.75, 3.05) is 0 Å². The monoisotopic (exact) mass is 2040 g/mol. The Morgan fingerprint density at radius 2 is 0.603 bits per heavy atom. The fraction of sp³-hybridized carbons (Fsp3) is 0.455. The molecule has 5 fully saturated rings. The van der Waals surface area contributed by atoms with Crippen molar-refractivity contribution in [2.45, 2.75) is 288 Å². The SMILES string of the molecule is CC(=O)OCc1ccc([C@@H]2CCCC[C@H]2C(=O)N[C@H](C(N)=O)c2ccc(F)cc2)cc1.CC(=O)OCc1ccc([C@@H]2CCCC[C@H]2C(=O)O)cc1.CC(=O)OCc1ccc([C@@H]2CCCC[C@H]2C(=O)OC(C)(C)C)cc1.CC(=O)[O-].CC(C)(C)OC(=O)[C@@H]1CCCCC1c1ccc(CBr)cc1.NC(=O)C(N)c1ccc(F)cc1.NC(=O)[C@@H](NC(=O)[C@@H]1CCCC[C@H]1c1ccc(CO)cc1)c1ccc(F)cc1.[K+]. The summed E-state index contributed by atoms with van der Waals surface area (Å²) in [5, 5.41) is 33.8. The summed E-state index contributed by atoms with van der Waals surface area (Å²) >= 11 is 3.47. The first-order chi connectivity index (χ1) is 66.4. The number of amides is 5. The van der Waals surface area contributed by atoms with Gasteiger partial charge in [-0.25, -0.2) is 13.2 Å². The number of rotatable bonds is 26. The third-order valence-corrected chi connectivity index (χ3v) is 25.7. The van der Waals surface area contributed by atoms with Crippen molar-refractivity contribution in [1.29, 1.82) is 0 Å².